The molecule has 4 nitrogen and oxygen atoms in total. The van der Waals surface area contributed by atoms with Crippen LogP contribution in [0.15, 0.2) is 12.3 Å². The van der Waals surface area contributed by atoms with Crippen LogP contribution in [0, 0.1) is 0 Å². The number of likely N-dealkylation sites (N-methyl/N-ethyl adjacent to an activating group) is 1. The number of carbonyl (C=O) groups is 1. The van der Waals surface area contributed by atoms with Crippen LogP contribution in [-0.4, -0.2) is 25.0 Å². The number of methoxy groups -OCH3 is 1. The number of rotatable bonds is 3. The molecule has 5 heteroatoms. The molecule has 0 saturated carbocycles. The molecule has 0 aliphatic heterocycles. The minimum atomic E-state index is -0.0984. The van der Waals surface area contributed by atoms with Gasteiger partial charge in [0, 0.05) is 7.05 Å². The highest BCUT2D eigenvalue weighted by Crippen LogP contribution is 2.23. The maximum absolute atomic E-state index is 11.0. The van der Waals surface area contributed by atoms with Crippen LogP contribution in [0.3, 0.4) is 0 Å². The van der Waals surface area contributed by atoms with Crippen molar-refractivity contribution in [2.45, 2.75) is 6.42 Å². The van der Waals surface area contributed by atoms with E-state index in [1.807, 2.05) is 0 Å². The maximum atomic E-state index is 11.0. The molecule has 0 bridgehead atoms. The second-order valence-corrected chi connectivity index (χ2v) is 3.07. The van der Waals surface area contributed by atoms with Gasteiger partial charge in [0.25, 0.3) is 0 Å². The molecule has 1 N–H and O–H groups in total. The van der Waals surface area contributed by atoms with Crippen molar-refractivity contribution < 1.29 is 9.53 Å². The van der Waals surface area contributed by atoms with Gasteiger partial charge in [-0.15, -0.1) is 0 Å². The van der Waals surface area contributed by atoms with Crippen LogP contribution in [0.25, 0.3) is 0 Å². The molecular weight excluding hydrogens is 204 g/mol. The average molecular weight is 215 g/mol. The van der Waals surface area contributed by atoms with Crippen LogP contribution in [0.1, 0.15) is 5.69 Å². The normalized spacial score (nSPS) is 9.64. The summed E-state index contributed by atoms with van der Waals surface area (Å²) < 4.78 is 4.94. The summed E-state index contributed by atoms with van der Waals surface area (Å²) in [7, 11) is 3.09. The number of carbonyl (C=O) groups excluding carboxylic acids is 1. The lowest BCUT2D eigenvalue weighted by atomic mass is 10.2. The Bertz CT molecular complexity index is 342. The van der Waals surface area contributed by atoms with Gasteiger partial charge in [-0.05, 0) is 6.07 Å². The van der Waals surface area contributed by atoms with E-state index in [2.05, 4.69) is 10.3 Å². The zero-order chi connectivity index (χ0) is 10.6. The number of ether oxygens (including phenoxy) is 1. The summed E-state index contributed by atoms with van der Waals surface area (Å²) in [5.41, 5.74) is 0.621. The van der Waals surface area contributed by atoms with Crippen LogP contribution in [0.5, 0.6) is 5.75 Å². The zero-order valence-corrected chi connectivity index (χ0v) is 8.76. The van der Waals surface area contributed by atoms with E-state index in [0.29, 0.717) is 16.5 Å². The molecule has 0 spiro atoms. The molecule has 0 radical (unpaired) electrons. The highest BCUT2D eigenvalue weighted by molar-refractivity contribution is 6.32. The zero-order valence-electron chi connectivity index (χ0n) is 8.00. The Kier molecular flexibility index (Phi) is 3.71. The third-order valence-electron chi connectivity index (χ3n) is 1.72. The molecule has 0 saturated heterocycles. The van der Waals surface area contributed by atoms with Gasteiger partial charge >= 0.3 is 0 Å². The van der Waals surface area contributed by atoms with E-state index in [1.165, 1.54) is 13.3 Å². The first-order valence-corrected chi connectivity index (χ1v) is 4.44. The minimum absolute atomic E-state index is 0.0984. The smallest absolute Gasteiger partial charge is 0.225 e. The third kappa shape index (κ3) is 2.60. The van der Waals surface area contributed by atoms with Gasteiger partial charge in [-0.25, -0.2) is 0 Å². The maximum Gasteiger partial charge on any atom is 0.225 e. The number of halogens is 1. The molecule has 1 rings (SSSR count). The summed E-state index contributed by atoms with van der Waals surface area (Å²) >= 11 is 5.86. The molecular formula is C9H11ClN2O2. The standard InChI is InChI=1S/C9H11ClN2O2/c1-11-9(13)4-6-3-7(10)8(14-2)5-12-6/h3,5H,4H2,1-2H3,(H,11,13). The molecule has 0 aromatic carbocycles. The molecule has 0 unspecified atom stereocenters. The number of amides is 1. The largest absolute Gasteiger partial charge is 0.494 e. The Morgan fingerprint density at radius 2 is 2.43 bits per heavy atom. The van der Waals surface area contributed by atoms with E-state index in [1.54, 1.807) is 13.1 Å². The first kappa shape index (κ1) is 10.8. The van der Waals surface area contributed by atoms with Crippen LogP contribution >= 0.6 is 11.6 Å². The van der Waals surface area contributed by atoms with Gasteiger partial charge in [0.05, 0.1) is 30.4 Å². The lowest BCUT2D eigenvalue weighted by Gasteiger charge is -2.04. The SMILES string of the molecule is CNC(=O)Cc1cc(Cl)c(OC)cn1. The van der Waals surface area contributed by atoms with Gasteiger partial charge < -0.3 is 10.1 Å². The van der Waals surface area contributed by atoms with Crippen molar-refractivity contribution in [2.75, 3.05) is 14.2 Å². The van der Waals surface area contributed by atoms with Crippen LogP contribution in [0.4, 0.5) is 0 Å². The molecule has 1 aromatic rings. The molecule has 0 aliphatic carbocycles. The van der Waals surface area contributed by atoms with Crippen molar-refractivity contribution in [1.29, 1.82) is 0 Å². The summed E-state index contributed by atoms with van der Waals surface area (Å²) in [5, 5.41) is 2.97. The molecule has 1 amide bonds. The van der Waals surface area contributed by atoms with Gasteiger partial charge in [0.2, 0.25) is 5.91 Å². The van der Waals surface area contributed by atoms with Crippen molar-refractivity contribution >= 4 is 17.5 Å². The number of nitrogens with zero attached hydrogens (tertiary/aromatic N) is 1. The predicted octanol–water partition coefficient (Wildman–Crippen LogP) is 1.03. The number of aromatic nitrogens is 1. The van der Waals surface area contributed by atoms with E-state index in [4.69, 9.17) is 16.3 Å². The van der Waals surface area contributed by atoms with Gasteiger partial charge in [0.15, 0.2) is 5.75 Å². The predicted molar refractivity (Wildman–Crippen MR) is 53.6 cm³/mol. The van der Waals surface area contributed by atoms with Crippen molar-refractivity contribution in [1.82, 2.24) is 10.3 Å². The van der Waals surface area contributed by atoms with Gasteiger partial charge in [-0.2, -0.15) is 0 Å². The monoisotopic (exact) mass is 214 g/mol. The van der Waals surface area contributed by atoms with Gasteiger partial charge in [-0.3, -0.25) is 9.78 Å². The molecule has 0 fully saturated rings. The molecule has 1 aromatic heterocycles. The van der Waals surface area contributed by atoms with Crippen molar-refractivity contribution in [3.05, 3.63) is 23.0 Å². The highest BCUT2D eigenvalue weighted by Gasteiger charge is 2.06. The van der Waals surface area contributed by atoms with Gasteiger partial charge in [-0.1, -0.05) is 11.6 Å². The topological polar surface area (TPSA) is 51.2 Å². The van der Waals surface area contributed by atoms with E-state index in [0.717, 1.165) is 0 Å². The van der Waals surface area contributed by atoms with Crippen LogP contribution in [-0.2, 0) is 11.2 Å². The van der Waals surface area contributed by atoms with Crippen molar-refractivity contribution in [2.24, 2.45) is 0 Å². The molecule has 0 aliphatic rings. The van der Waals surface area contributed by atoms with Crippen molar-refractivity contribution in [3.63, 3.8) is 0 Å². The first-order chi connectivity index (χ1) is 6.67. The van der Waals surface area contributed by atoms with E-state index in [9.17, 15) is 4.79 Å². The summed E-state index contributed by atoms with van der Waals surface area (Å²) in [5.74, 6) is 0.408. The fourth-order valence-corrected chi connectivity index (χ4v) is 1.21. The Balaban J connectivity index is 2.81. The number of hydrogen-bond donors (Lipinski definition) is 1. The fraction of sp³-hybridized carbons (Fsp3) is 0.333. The highest BCUT2D eigenvalue weighted by atomic mass is 35.5. The first-order valence-electron chi connectivity index (χ1n) is 4.06. The van der Waals surface area contributed by atoms with Crippen LogP contribution < -0.4 is 10.1 Å². The number of pyridine rings is 1. The molecule has 0 atom stereocenters. The molecule has 76 valence electrons. The second-order valence-electron chi connectivity index (χ2n) is 2.66. The van der Waals surface area contributed by atoms with E-state index in [-0.39, 0.29) is 12.3 Å². The summed E-state index contributed by atoms with van der Waals surface area (Å²) in [4.78, 5) is 15.0. The Morgan fingerprint density at radius 3 is 2.93 bits per heavy atom. The molecule has 14 heavy (non-hydrogen) atoms. The Hall–Kier alpha value is -1.29. The van der Waals surface area contributed by atoms with E-state index >= 15 is 0 Å². The molecule has 1 heterocycles. The number of nitrogens with one attached hydrogen (secondary N) is 1. The fourth-order valence-electron chi connectivity index (χ4n) is 0.958. The summed E-state index contributed by atoms with van der Waals surface area (Å²) in [6.45, 7) is 0. The summed E-state index contributed by atoms with van der Waals surface area (Å²) in [6, 6.07) is 1.62. The van der Waals surface area contributed by atoms with E-state index < -0.39 is 0 Å². The Morgan fingerprint density at radius 1 is 1.71 bits per heavy atom. The van der Waals surface area contributed by atoms with Crippen molar-refractivity contribution in [3.8, 4) is 5.75 Å². The van der Waals surface area contributed by atoms with Crippen LogP contribution in [0.2, 0.25) is 5.02 Å². The average Bonchev–Trinajstić information content (AvgIpc) is 2.18. The second kappa shape index (κ2) is 4.81. The lowest BCUT2D eigenvalue weighted by molar-refractivity contribution is -0.120. The quantitative estimate of drug-likeness (QED) is 0.818. The minimum Gasteiger partial charge on any atom is -0.494 e. The lowest BCUT2D eigenvalue weighted by Crippen LogP contribution is -2.20. The van der Waals surface area contributed by atoms with Gasteiger partial charge in [0.1, 0.15) is 0 Å². The summed E-state index contributed by atoms with van der Waals surface area (Å²) in [6.07, 6.45) is 1.72. The number of hydrogen-bond acceptors (Lipinski definition) is 3. The Labute approximate surface area is 87.2 Å². The third-order valence-corrected chi connectivity index (χ3v) is 2.01.